The van der Waals surface area contributed by atoms with Crippen LogP contribution in [0, 0.1) is 0 Å². The monoisotopic (exact) mass is 526 g/mol. The lowest BCUT2D eigenvalue weighted by atomic mass is 10.0. The van der Waals surface area contributed by atoms with Crippen LogP contribution in [0.25, 0.3) is 11.3 Å². The lowest BCUT2D eigenvalue weighted by Crippen LogP contribution is -2.37. The average Bonchev–Trinajstić information content (AvgIpc) is 3.22. The number of amides is 2. The lowest BCUT2D eigenvalue weighted by molar-refractivity contribution is -0.119. The summed E-state index contributed by atoms with van der Waals surface area (Å²) in [6, 6.07) is 12.5. The summed E-state index contributed by atoms with van der Waals surface area (Å²) in [6.07, 6.45) is 2.88. The second kappa shape index (κ2) is 12.7. The molecule has 0 bridgehead atoms. The molecule has 0 saturated heterocycles. The van der Waals surface area contributed by atoms with Gasteiger partial charge in [-0.05, 0) is 57.4 Å². The zero-order valence-electron chi connectivity index (χ0n) is 21.9. The van der Waals surface area contributed by atoms with Gasteiger partial charge in [0.05, 0.1) is 22.9 Å². The topological polar surface area (TPSA) is 105 Å². The quantitative estimate of drug-likeness (QED) is 0.342. The van der Waals surface area contributed by atoms with Gasteiger partial charge >= 0.3 is 0 Å². The maximum Gasteiger partial charge on any atom is 0.251 e. The van der Waals surface area contributed by atoms with E-state index >= 15 is 0 Å². The van der Waals surface area contributed by atoms with Gasteiger partial charge in [0.25, 0.3) is 5.91 Å². The minimum Gasteiger partial charge on any atom is -0.489 e. The predicted molar refractivity (Wildman–Crippen MR) is 145 cm³/mol. The van der Waals surface area contributed by atoms with Gasteiger partial charge in [0.2, 0.25) is 5.91 Å². The van der Waals surface area contributed by atoms with Crippen molar-refractivity contribution in [3.05, 3.63) is 70.6 Å². The third-order valence-corrected chi connectivity index (χ3v) is 6.12. The van der Waals surface area contributed by atoms with E-state index in [-0.39, 0.29) is 36.6 Å². The van der Waals surface area contributed by atoms with E-state index in [1.165, 1.54) is 6.92 Å². The molecule has 0 spiro atoms. The van der Waals surface area contributed by atoms with Gasteiger partial charge in [0, 0.05) is 43.9 Å². The van der Waals surface area contributed by atoms with Gasteiger partial charge in [-0.1, -0.05) is 35.9 Å². The number of carbonyl (C=O) groups is 2. The van der Waals surface area contributed by atoms with Crippen molar-refractivity contribution in [2.45, 2.75) is 58.7 Å². The van der Waals surface area contributed by atoms with E-state index in [1.54, 1.807) is 18.2 Å². The van der Waals surface area contributed by atoms with Crippen LogP contribution < -0.4 is 15.4 Å². The Bertz CT molecular complexity index is 1220. The van der Waals surface area contributed by atoms with E-state index < -0.39 is 0 Å². The molecule has 37 heavy (non-hydrogen) atoms. The summed E-state index contributed by atoms with van der Waals surface area (Å²) in [4.78, 5) is 29.0. The Morgan fingerprint density at radius 2 is 1.81 bits per heavy atom. The van der Waals surface area contributed by atoms with Gasteiger partial charge in [-0.3, -0.25) is 9.59 Å². The summed E-state index contributed by atoms with van der Waals surface area (Å²) in [5.41, 5.74) is 3.20. The second-order valence-corrected chi connectivity index (χ2v) is 9.82. The molecule has 3 aromatic rings. The molecule has 0 fully saturated rings. The first kappa shape index (κ1) is 28.2. The number of nitrogens with zero attached hydrogens (tertiary/aromatic N) is 2. The summed E-state index contributed by atoms with van der Waals surface area (Å²) < 4.78 is 7.54. The molecule has 0 aliphatic heterocycles. The Hall–Kier alpha value is -3.36. The normalized spacial score (nSPS) is 12.8. The molecule has 3 N–H and O–H groups in total. The molecule has 0 unspecified atom stereocenters. The third kappa shape index (κ3) is 7.81. The van der Waals surface area contributed by atoms with Crippen LogP contribution in [0.2, 0.25) is 5.02 Å². The fourth-order valence-electron chi connectivity index (χ4n) is 4.13. The largest absolute Gasteiger partial charge is 0.489 e. The maximum atomic E-state index is 12.9. The Morgan fingerprint density at radius 3 is 2.41 bits per heavy atom. The summed E-state index contributed by atoms with van der Waals surface area (Å²) in [5.74, 6) is 0.933. The van der Waals surface area contributed by atoms with Gasteiger partial charge in [-0.15, -0.1) is 0 Å². The first-order valence-electron chi connectivity index (χ1n) is 12.3. The van der Waals surface area contributed by atoms with Gasteiger partial charge in [-0.25, -0.2) is 4.98 Å². The molecular weight excluding hydrogens is 492 g/mol. The van der Waals surface area contributed by atoms with Gasteiger partial charge in [0.15, 0.2) is 0 Å². The van der Waals surface area contributed by atoms with Crippen molar-refractivity contribution in [3.8, 4) is 17.0 Å². The van der Waals surface area contributed by atoms with E-state index in [1.807, 2.05) is 62.8 Å². The predicted octanol–water partition coefficient (Wildman–Crippen LogP) is 4.45. The number of hydrogen-bond acceptors (Lipinski definition) is 5. The first-order valence-corrected chi connectivity index (χ1v) is 12.7. The highest BCUT2D eigenvalue weighted by Crippen LogP contribution is 2.27. The number of aliphatic hydroxyl groups excluding tert-OH is 1. The van der Waals surface area contributed by atoms with Crippen molar-refractivity contribution < 1.29 is 19.4 Å². The summed E-state index contributed by atoms with van der Waals surface area (Å²) in [7, 11) is 1.90. The SMILES string of the molecule is CC(=O)N[C@H](C)c1nc(-c2ccc(C[C@@H](CCO)NC(=O)c3ccc(OC(C)C)c(Cl)c3)cc2)cn1C. The van der Waals surface area contributed by atoms with Gasteiger partial charge in [0.1, 0.15) is 11.6 Å². The van der Waals surface area contributed by atoms with Crippen LogP contribution in [0.3, 0.4) is 0 Å². The lowest BCUT2D eigenvalue weighted by Gasteiger charge is -2.19. The fraction of sp³-hybridized carbons (Fsp3) is 0.393. The highest BCUT2D eigenvalue weighted by atomic mass is 35.5. The minimum absolute atomic E-state index is 0.0236. The molecule has 1 aromatic heterocycles. The van der Waals surface area contributed by atoms with Crippen molar-refractivity contribution >= 4 is 23.4 Å². The molecule has 3 rings (SSSR count). The molecule has 8 nitrogen and oxygen atoms in total. The number of hydrogen-bond donors (Lipinski definition) is 3. The number of imidazole rings is 1. The number of aromatic nitrogens is 2. The van der Waals surface area contributed by atoms with Crippen LogP contribution >= 0.6 is 11.6 Å². The number of ether oxygens (including phenoxy) is 1. The highest BCUT2D eigenvalue weighted by molar-refractivity contribution is 6.32. The molecule has 198 valence electrons. The Labute approximate surface area is 223 Å². The van der Waals surface area contributed by atoms with Crippen LogP contribution in [0.1, 0.15) is 61.9 Å². The number of benzene rings is 2. The molecule has 9 heteroatoms. The van der Waals surface area contributed by atoms with Crippen molar-refractivity contribution in [2.75, 3.05) is 6.61 Å². The second-order valence-electron chi connectivity index (χ2n) is 9.41. The highest BCUT2D eigenvalue weighted by Gasteiger charge is 2.17. The molecule has 0 aliphatic carbocycles. The van der Waals surface area contributed by atoms with Crippen LogP contribution in [-0.4, -0.2) is 45.2 Å². The first-order chi connectivity index (χ1) is 17.6. The van der Waals surface area contributed by atoms with Gasteiger partial charge < -0.3 is 25.0 Å². The van der Waals surface area contributed by atoms with Crippen LogP contribution in [-0.2, 0) is 18.3 Å². The number of aryl methyl sites for hydroxylation is 1. The Kier molecular flexibility index (Phi) is 9.72. The number of halogens is 1. The van der Waals surface area contributed by atoms with E-state index in [2.05, 4.69) is 10.6 Å². The minimum atomic E-state index is -0.262. The maximum absolute atomic E-state index is 12.9. The Balaban J connectivity index is 1.68. The van der Waals surface area contributed by atoms with E-state index in [0.29, 0.717) is 29.2 Å². The van der Waals surface area contributed by atoms with Crippen LogP contribution in [0.5, 0.6) is 5.75 Å². The molecule has 1 heterocycles. The van der Waals surface area contributed by atoms with Crippen molar-refractivity contribution in [2.24, 2.45) is 7.05 Å². The summed E-state index contributed by atoms with van der Waals surface area (Å²) in [5, 5.41) is 15.8. The number of nitrogens with one attached hydrogen (secondary N) is 2. The van der Waals surface area contributed by atoms with Crippen molar-refractivity contribution in [3.63, 3.8) is 0 Å². The smallest absolute Gasteiger partial charge is 0.251 e. The number of rotatable bonds is 11. The molecule has 2 atom stereocenters. The zero-order valence-corrected chi connectivity index (χ0v) is 22.7. The molecule has 2 amide bonds. The Morgan fingerprint density at radius 1 is 1.11 bits per heavy atom. The summed E-state index contributed by atoms with van der Waals surface area (Å²) >= 11 is 6.29. The average molecular weight is 527 g/mol. The van der Waals surface area contributed by atoms with E-state index in [9.17, 15) is 14.7 Å². The van der Waals surface area contributed by atoms with Crippen molar-refractivity contribution in [1.82, 2.24) is 20.2 Å². The number of aliphatic hydroxyl groups is 1. The summed E-state index contributed by atoms with van der Waals surface area (Å²) in [6.45, 7) is 7.15. The molecule has 0 saturated carbocycles. The molecular formula is C28H35ClN4O4. The van der Waals surface area contributed by atoms with E-state index in [4.69, 9.17) is 21.3 Å². The third-order valence-electron chi connectivity index (χ3n) is 5.82. The van der Waals surface area contributed by atoms with E-state index in [0.717, 1.165) is 22.6 Å². The zero-order chi connectivity index (χ0) is 27.1. The molecule has 0 radical (unpaired) electrons. The van der Waals surface area contributed by atoms with Crippen LogP contribution in [0.15, 0.2) is 48.7 Å². The van der Waals surface area contributed by atoms with Gasteiger partial charge in [-0.2, -0.15) is 0 Å². The standard InChI is InChI=1S/C28H35ClN4O4/c1-17(2)37-26-11-10-22(15-24(26)29)28(36)31-23(12-13-34)14-20-6-8-21(9-7-20)25-16-33(5)27(32-25)18(3)30-19(4)35/h6-11,15-18,23,34H,12-14H2,1-5H3,(H,30,35)(H,31,36)/t18-,23-/m1/s1. The fourth-order valence-corrected chi connectivity index (χ4v) is 4.35. The number of carbonyl (C=O) groups excluding carboxylic acids is 2. The van der Waals surface area contributed by atoms with Crippen LogP contribution in [0.4, 0.5) is 0 Å². The molecule has 2 aromatic carbocycles. The van der Waals surface area contributed by atoms with Crippen molar-refractivity contribution in [1.29, 1.82) is 0 Å². The molecule has 0 aliphatic rings.